The average Bonchev–Trinajstić information content (AvgIpc) is 2.84. The quantitative estimate of drug-likeness (QED) is 0.850. The lowest BCUT2D eigenvalue weighted by Gasteiger charge is -2.48. The number of carbonyl (C=O) groups is 1. The second-order valence-corrected chi connectivity index (χ2v) is 6.70. The van der Waals surface area contributed by atoms with E-state index in [1.54, 1.807) is 13.0 Å². The van der Waals surface area contributed by atoms with Crippen LogP contribution in [0.3, 0.4) is 0 Å². The van der Waals surface area contributed by atoms with E-state index >= 15 is 0 Å². The summed E-state index contributed by atoms with van der Waals surface area (Å²) in [7, 11) is 4.14. The van der Waals surface area contributed by atoms with Crippen molar-refractivity contribution in [1.82, 2.24) is 9.88 Å². The maximum atomic E-state index is 11.0. The average molecular weight is 312 g/mol. The van der Waals surface area contributed by atoms with Crippen molar-refractivity contribution >= 4 is 22.9 Å². The normalized spacial score (nSPS) is 24.7. The van der Waals surface area contributed by atoms with Crippen LogP contribution in [0.1, 0.15) is 37.9 Å². The van der Waals surface area contributed by atoms with Crippen molar-refractivity contribution in [1.29, 1.82) is 0 Å². The fourth-order valence-electron chi connectivity index (χ4n) is 3.78. The second-order valence-electron chi connectivity index (χ2n) is 6.70. The molecule has 2 aromatic rings. The molecule has 1 aliphatic rings. The predicted molar refractivity (Wildman–Crippen MR) is 93.3 cm³/mol. The number of fused-ring (bicyclic) bond motifs is 1. The third kappa shape index (κ3) is 2.38. The Balaban J connectivity index is 2.10. The van der Waals surface area contributed by atoms with Crippen LogP contribution < -0.4 is 5.32 Å². The van der Waals surface area contributed by atoms with Crippen molar-refractivity contribution in [3.63, 3.8) is 0 Å². The lowest BCUT2D eigenvalue weighted by atomic mass is 9.65. The molecule has 1 fully saturated rings. The minimum Gasteiger partial charge on any atom is -0.478 e. The van der Waals surface area contributed by atoms with Crippen LogP contribution in [0.2, 0.25) is 0 Å². The van der Waals surface area contributed by atoms with Crippen molar-refractivity contribution in [3.8, 4) is 0 Å². The number of nitrogens with zero attached hydrogens (tertiary/aromatic N) is 1. The summed E-state index contributed by atoms with van der Waals surface area (Å²) < 4.78 is 2.24. The molecule has 1 saturated carbocycles. The molecule has 1 heterocycles. The Morgan fingerprint density at radius 3 is 2.70 bits per heavy atom. The van der Waals surface area contributed by atoms with E-state index in [1.165, 1.54) is 17.5 Å². The summed E-state index contributed by atoms with van der Waals surface area (Å²) in [6, 6.07) is 8.39. The number of nitrogens with one attached hydrogen (secondary N) is 1. The van der Waals surface area contributed by atoms with Gasteiger partial charge in [0.1, 0.15) is 0 Å². The van der Waals surface area contributed by atoms with Gasteiger partial charge in [-0.25, -0.2) is 4.79 Å². The van der Waals surface area contributed by atoms with E-state index in [-0.39, 0.29) is 5.54 Å². The molecule has 0 spiro atoms. The van der Waals surface area contributed by atoms with Gasteiger partial charge < -0.3 is 15.0 Å². The van der Waals surface area contributed by atoms with Crippen molar-refractivity contribution in [2.75, 3.05) is 7.05 Å². The van der Waals surface area contributed by atoms with Crippen LogP contribution in [0.5, 0.6) is 0 Å². The largest absolute Gasteiger partial charge is 0.478 e. The molecule has 0 aliphatic heterocycles. The van der Waals surface area contributed by atoms with Gasteiger partial charge in [0.15, 0.2) is 0 Å². The number of carboxylic acids is 1. The molecular weight excluding hydrogens is 288 g/mol. The van der Waals surface area contributed by atoms with Gasteiger partial charge in [0.25, 0.3) is 0 Å². The highest BCUT2D eigenvalue weighted by Gasteiger charge is 2.45. The highest BCUT2D eigenvalue weighted by Crippen LogP contribution is 2.47. The molecule has 2 atom stereocenters. The smallest absolute Gasteiger partial charge is 0.331 e. The Bertz CT molecular complexity index is 799. The fourth-order valence-corrected chi connectivity index (χ4v) is 3.78. The van der Waals surface area contributed by atoms with Crippen molar-refractivity contribution in [2.45, 2.75) is 32.2 Å². The number of rotatable bonds is 4. The third-order valence-corrected chi connectivity index (χ3v) is 5.51. The van der Waals surface area contributed by atoms with E-state index < -0.39 is 5.97 Å². The summed E-state index contributed by atoms with van der Waals surface area (Å²) in [6.07, 6.45) is 4.11. The summed E-state index contributed by atoms with van der Waals surface area (Å²) >= 11 is 0. The molecule has 0 bridgehead atoms. The van der Waals surface area contributed by atoms with Crippen LogP contribution in [-0.4, -0.2) is 22.7 Å². The SMILES string of the molecule is CNC1(c2cc3ccc(/C=C(\C)C(=O)O)cc3n2C)CC[C@H]1C. The van der Waals surface area contributed by atoms with Gasteiger partial charge in [-0.15, -0.1) is 0 Å². The zero-order valence-corrected chi connectivity index (χ0v) is 14.2. The number of hydrogen-bond donors (Lipinski definition) is 2. The van der Waals surface area contributed by atoms with Gasteiger partial charge in [0.2, 0.25) is 0 Å². The topological polar surface area (TPSA) is 54.3 Å². The summed E-state index contributed by atoms with van der Waals surface area (Å²) in [5.41, 5.74) is 3.77. The van der Waals surface area contributed by atoms with Gasteiger partial charge in [-0.1, -0.05) is 19.1 Å². The first kappa shape index (κ1) is 15.8. The Labute approximate surface area is 136 Å². The second kappa shape index (κ2) is 5.53. The van der Waals surface area contributed by atoms with Gasteiger partial charge in [-0.2, -0.15) is 0 Å². The maximum absolute atomic E-state index is 11.0. The van der Waals surface area contributed by atoms with Crippen LogP contribution in [0.25, 0.3) is 17.0 Å². The molecular formula is C19H24N2O2. The highest BCUT2D eigenvalue weighted by molar-refractivity contribution is 5.92. The maximum Gasteiger partial charge on any atom is 0.331 e. The first-order valence-electron chi connectivity index (χ1n) is 8.09. The van der Waals surface area contributed by atoms with Crippen molar-refractivity contribution in [3.05, 3.63) is 41.1 Å². The molecule has 4 nitrogen and oxygen atoms in total. The van der Waals surface area contributed by atoms with Gasteiger partial charge >= 0.3 is 5.97 Å². The lowest BCUT2D eigenvalue weighted by molar-refractivity contribution is -0.132. The number of hydrogen-bond acceptors (Lipinski definition) is 2. The Morgan fingerprint density at radius 1 is 1.43 bits per heavy atom. The molecule has 1 aromatic carbocycles. The van der Waals surface area contributed by atoms with Gasteiger partial charge in [-0.3, -0.25) is 0 Å². The first-order chi connectivity index (χ1) is 10.9. The molecule has 4 heteroatoms. The highest BCUT2D eigenvalue weighted by atomic mass is 16.4. The summed E-state index contributed by atoms with van der Waals surface area (Å²) in [4.78, 5) is 11.0. The number of benzene rings is 1. The van der Waals surface area contributed by atoms with E-state index in [1.807, 2.05) is 13.1 Å². The van der Waals surface area contributed by atoms with Crippen LogP contribution in [0, 0.1) is 5.92 Å². The molecule has 1 unspecified atom stereocenters. The minimum absolute atomic E-state index is 0.0563. The van der Waals surface area contributed by atoms with Gasteiger partial charge in [0, 0.05) is 23.8 Å². The van der Waals surface area contributed by atoms with E-state index in [0.717, 1.165) is 17.5 Å². The summed E-state index contributed by atoms with van der Waals surface area (Å²) in [5.74, 6) is -0.265. The van der Waals surface area contributed by atoms with E-state index in [0.29, 0.717) is 11.5 Å². The third-order valence-electron chi connectivity index (χ3n) is 5.51. The van der Waals surface area contributed by atoms with E-state index in [9.17, 15) is 4.79 Å². The standard InChI is InChI=1S/C19H24N2O2/c1-12(18(22)23)9-14-5-6-15-11-17(21(4)16(15)10-14)19(20-3)8-7-13(19)2/h5-6,9-11,13,20H,7-8H2,1-4H3,(H,22,23)/b12-9+/t13-,19?/m1/s1. The van der Waals surface area contributed by atoms with Crippen LogP contribution >= 0.6 is 0 Å². The number of aromatic nitrogens is 1. The molecule has 3 rings (SSSR count). The Hall–Kier alpha value is -2.07. The Morgan fingerprint density at radius 2 is 2.17 bits per heavy atom. The predicted octanol–water partition coefficient (Wildman–Crippen LogP) is 3.51. The molecule has 0 amide bonds. The van der Waals surface area contributed by atoms with Crippen LogP contribution in [0.4, 0.5) is 0 Å². The number of aryl methyl sites for hydroxylation is 1. The van der Waals surface area contributed by atoms with Crippen molar-refractivity contribution < 1.29 is 9.90 Å². The summed E-state index contributed by atoms with van der Waals surface area (Å²) in [6.45, 7) is 3.91. The first-order valence-corrected chi connectivity index (χ1v) is 8.09. The fraction of sp³-hybridized carbons (Fsp3) is 0.421. The van der Waals surface area contributed by atoms with Crippen LogP contribution in [0.15, 0.2) is 29.8 Å². The van der Waals surface area contributed by atoms with E-state index in [4.69, 9.17) is 5.11 Å². The Kier molecular flexibility index (Phi) is 3.80. The molecule has 1 aromatic heterocycles. The molecule has 2 N–H and O–H groups in total. The minimum atomic E-state index is -0.880. The molecule has 23 heavy (non-hydrogen) atoms. The zero-order valence-electron chi connectivity index (χ0n) is 14.2. The number of carboxylic acid groups (broad SMARTS) is 1. The number of aliphatic carboxylic acids is 1. The summed E-state index contributed by atoms with van der Waals surface area (Å²) in [5, 5.41) is 13.8. The molecule has 0 saturated heterocycles. The molecule has 1 aliphatic carbocycles. The molecule has 122 valence electrons. The lowest BCUT2D eigenvalue weighted by Crippen LogP contribution is -2.53. The monoisotopic (exact) mass is 312 g/mol. The van der Waals surface area contributed by atoms with Crippen molar-refractivity contribution in [2.24, 2.45) is 13.0 Å². The van der Waals surface area contributed by atoms with Gasteiger partial charge in [-0.05, 0) is 61.9 Å². The zero-order chi connectivity index (χ0) is 16.8. The molecule has 0 radical (unpaired) electrons. The van der Waals surface area contributed by atoms with Gasteiger partial charge in [0.05, 0.1) is 5.54 Å². The van der Waals surface area contributed by atoms with E-state index in [2.05, 4.69) is 42.1 Å². The van der Waals surface area contributed by atoms with Crippen LogP contribution in [-0.2, 0) is 17.4 Å².